The van der Waals surface area contributed by atoms with Crippen LogP contribution < -0.4 is 4.72 Å². The highest BCUT2D eigenvalue weighted by Crippen LogP contribution is 2.23. The molecule has 1 aliphatic rings. The van der Waals surface area contributed by atoms with E-state index in [9.17, 15) is 13.2 Å². The molecule has 1 amide bonds. The first-order chi connectivity index (χ1) is 8.57. The Labute approximate surface area is 116 Å². The van der Waals surface area contributed by atoms with Crippen LogP contribution in [-0.2, 0) is 14.8 Å². The largest absolute Gasteiger partial charge is 0.342 e. The molecule has 1 N–H and O–H groups in total. The van der Waals surface area contributed by atoms with Crippen molar-refractivity contribution in [1.82, 2.24) is 9.62 Å². The Balaban J connectivity index is 2.48. The highest BCUT2D eigenvalue weighted by molar-refractivity contribution is 7.88. The summed E-state index contributed by atoms with van der Waals surface area (Å²) in [5.41, 5.74) is -0.00493. The number of amides is 1. The number of rotatable bonds is 4. The van der Waals surface area contributed by atoms with Crippen LogP contribution in [0.2, 0.25) is 0 Å². The maximum Gasteiger partial charge on any atom is 0.223 e. The summed E-state index contributed by atoms with van der Waals surface area (Å²) < 4.78 is 24.7. The number of hydrogen-bond acceptors (Lipinski definition) is 3. The van der Waals surface area contributed by atoms with Gasteiger partial charge in [-0.1, -0.05) is 20.8 Å². The lowest BCUT2D eigenvalue weighted by Crippen LogP contribution is -2.44. The Kier molecular flexibility index (Phi) is 5.38. The Bertz CT molecular complexity index is 412. The summed E-state index contributed by atoms with van der Waals surface area (Å²) >= 11 is 0. The van der Waals surface area contributed by atoms with Crippen LogP contribution in [0.25, 0.3) is 0 Å². The van der Waals surface area contributed by atoms with E-state index in [0.717, 1.165) is 19.4 Å². The second kappa shape index (κ2) is 6.22. The van der Waals surface area contributed by atoms with Crippen LogP contribution in [0.1, 0.15) is 40.0 Å². The van der Waals surface area contributed by atoms with E-state index in [2.05, 4.69) is 25.5 Å². The van der Waals surface area contributed by atoms with Crippen LogP contribution in [0.4, 0.5) is 0 Å². The molecule has 1 rings (SSSR count). The van der Waals surface area contributed by atoms with Crippen molar-refractivity contribution in [2.24, 2.45) is 11.3 Å². The monoisotopic (exact) mass is 290 g/mol. The standard InChI is InChI=1S/C13H26N2O3S/c1-13(2,3)8-12(16)15-7-5-6-11(10-15)9-14-19(4,17)18/h11,14H,5-10H2,1-4H3/t11-/m0/s1. The molecule has 0 unspecified atom stereocenters. The first-order valence-corrected chi connectivity index (χ1v) is 8.68. The van der Waals surface area contributed by atoms with Crippen LogP contribution in [0.15, 0.2) is 0 Å². The van der Waals surface area contributed by atoms with Gasteiger partial charge in [0.25, 0.3) is 0 Å². The maximum absolute atomic E-state index is 12.1. The zero-order valence-electron chi connectivity index (χ0n) is 12.4. The second-order valence-corrected chi connectivity index (χ2v) is 8.54. The molecule has 0 aliphatic carbocycles. The molecule has 0 aromatic heterocycles. The molecule has 1 atom stereocenters. The SMILES string of the molecule is CC(C)(C)CC(=O)N1CCC[C@@H](CNS(C)(=O)=O)C1. The number of nitrogens with one attached hydrogen (secondary N) is 1. The van der Waals surface area contributed by atoms with E-state index in [1.807, 2.05) is 4.90 Å². The zero-order chi connectivity index (χ0) is 14.7. The smallest absolute Gasteiger partial charge is 0.223 e. The molecule has 0 bridgehead atoms. The number of hydrogen-bond donors (Lipinski definition) is 1. The predicted molar refractivity (Wildman–Crippen MR) is 76.2 cm³/mol. The van der Waals surface area contributed by atoms with Gasteiger partial charge in [-0.2, -0.15) is 0 Å². The van der Waals surface area contributed by atoms with Gasteiger partial charge < -0.3 is 4.90 Å². The Morgan fingerprint density at radius 3 is 2.53 bits per heavy atom. The van der Waals surface area contributed by atoms with E-state index in [-0.39, 0.29) is 17.2 Å². The van der Waals surface area contributed by atoms with E-state index in [0.29, 0.717) is 19.5 Å². The average molecular weight is 290 g/mol. The summed E-state index contributed by atoms with van der Waals surface area (Å²) in [5.74, 6) is 0.406. The van der Waals surface area contributed by atoms with Gasteiger partial charge in [-0.05, 0) is 24.2 Å². The van der Waals surface area contributed by atoms with Crippen molar-refractivity contribution < 1.29 is 13.2 Å². The molecule has 112 valence electrons. The predicted octanol–water partition coefficient (Wildman–Crippen LogP) is 1.21. The zero-order valence-corrected chi connectivity index (χ0v) is 13.2. The molecule has 0 saturated carbocycles. The van der Waals surface area contributed by atoms with Crippen LogP contribution in [-0.4, -0.2) is 45.1 Å². The van der Waals surface area contributed by atoms with Crippen LogP contribution in [0, 0.1) is 11.3 Å². The highest BCUT2D eigenvalue weighted by Gasteiger charge is 2.26. The van der Waals surface area contributed by atoms with Gasteiger partial charge >= 0.3 is 0 Å². The molecule has 1 fully saturated rings. The summed E-state index contributed by atoms with van der Waals surface area (Å²) in [4.78, 5) is 14.0. The first-order valence-electron chi connectivity index (χ1n) is 6.79. The van der Waals surface area contributed by atoms with Gasteiger partial charge in [-0.25, -0.2) is 13.1 Å². The van der Waals surface area contributed by atoms with E-state index < -0.39 is 10.0 Å². The van der Waals surface area contributed by atoms with E-state index in [4.69, 9.17) is 0 Å². The Morgan fingerprint density at radius 1 is 1.37 bits per heavy atom. The van der Waals surface area contributed by atoms with Crippen LogP contribution in [0.5, 0.6) is 0 Å². The topological polar surface area (TPSA) is 66.5 Å². The third-order valence-corrected chi connectivity index (χ3v) is 3.88. The summed E-state index contributed by atoms with van der Waals surface area (Å²) in [6.45, 7) is 8.05. The van der Waals surface area contributed by atoms with Crippen LogP contribution >= 0.6 is 0 Å². The lowest BCUT2D eigenvalue weighted by atomic mass is 9.90. The summed E-state index contributed by atoms with van der Waals surface area (Å²) in [6, 6.07) is 0. The fourth-order valence-corrected chi connectivity index (χ4v) is 2.83. The lowest BCUT2D eigenvalue weighted by molar-refractivity contribution is -0.134. The Morgan fingerprint density at radius 2 is 2.00 bits per heavy atom. The number of likely N-dealkylation sites (tertiary alicyclic amines) is 1. The van der Waals surface area contributed by atoms with E-state index >= 15 is 0 Å². The number of piperidine rings is 1. The van der Waals surface area contributed by atoms with Gasteiger partial charge in [-0.3, -0.25) is 4.79 Å². The molecule has 5 nitrogen and oxygen atoms in total. The van der Waals surface area contributed by atoms with Crippen LogP contribution in [0.3, 0.4) is 0 Å². The molecule has 0 spiro atoms. The van der Waals surface area contributed by atoms with Gasteiger partial charge in [0.1, 0.15) is 0 Å². The van der Waals surface area contributed by atoms with Gasteiger partial charge in [0, 0.05) is 26.1 Å². The third kappa shape index (κ3) is 6.92. The summed E-state index contributed by atoms with van der Waals surface area (Å²) in [6.07, 6.45) is 3.63. The average Bonchev–Trinajstić information content (AvgIpc) is 2.23. The minimum absolute atomic E-state index is 0.00493. The number of carbonyl (C=O) groups excluding carboxylic acids is 1. The number of carbonyl (C=O) groups is 1. The van der Waals surface area contributed by atoms with E-state index in [1.165, 1.54) is 6.26 Å². The van der Waals surface area contributed by atoms with Crippen molar-refractivity contribution in [2.45, 2.75) is 40.0 Å². The Hall–Kier alpha value is -0.620. The molecule has 1 heterocycles. The number of sulfonamides is 1. The molecule has 19 heavy (non-hydrogen) atoms. The minimum atomic E-state index is -3.14. The van der Waals surface area contributed by atoms with Crippen molar-refractivity contribution >= 4 is 15.9 Å². The van der Waals surface area contributed by atoms with Crippen molar-refractivity contribution in [1.29, 1.82) is 0 Å². The third-order valence-electron chi connectivity index (χ3n) is 3.19. The molecule has 0 aromatic rings. The molecule has 0 radical (unpaired) electrons. The molecular formula is C13H26N2O3S. The van der Waals surface area contributed by atoms with Gasteiger partial charge in [0.15, 0.2) is 0 Å². The summed E-state index contributed by atoms with van der Waals surface area (Å²) in [7, 11) is -3.14. The van der Waals surface area contributed by atoms with Gasteiger partial charge in [0.05, 0.1) is 6.26 Å². The quantitative estimate of drug-likeness (QED) is 0.846. The van der Waals surface area contributed by atoms with Crippen molar-refractivity contribution in [2.75, 3.05) is 25.9 Å². The first kappa shape index (κ1) is 16.4. The number of nitrogens with zero attached hydrogens (tertiary/aromatic N) is 1. The molecule has 1 saturated heterocycles. The van der Waals surface area contributed by atoms with Crippen molar-refractivity contribution in [3.8, 4) is 0 Å². The normalized spacial score (nSPS) is 21.5. The fourth-order valence-electron chi connectivity index (χ4n) is 2.29. The highest BCUT2D eigenvalue weighted by atomic mass is 32.2. The molecule has 6 heteroatoms. The second-order valence-electron chi connectivity index (χ2n) is 6.71. The fraction of sp³-hybridized carbons (Fsp3) is 0.923. The lowest BCUT2D eigenvalue weighted by Gasteiger charge is -2.34. The van der Waals surface area contributed by atoms with Crippen molar-refractivity contribution in [3.05, 3.63) is 0 Å². The van der Waals surface area contributed by atoms with Gasteiger partial charge in [-0.15, -0.1) is 0 Å². The van der Waals surface area contributed by atoms with E-state index in [1.54, 1.807) is 0 Å². The van der Waals surface area contributed by atoms with Crippen molar-refractivity contribution in [3.63, 3.8) is 0 Å². The molecule has 1 aliphatic heterocycles. The molecular weight excluding hydrogens is 264 g/mol. The summed E-state index contributed by atoms with van der Waals surface area (Å²) in [5, 5.41) is 0. The molecule has 0 aromatic carbocycles. The maximum atomic E-state index is 12.1. The van der Waals surface area contributed by atoms with Gasteiger partial charge in [0.2, 0.25) is 15.9 Å². The minimum Gasteiger partial charge on any atom is -0.342 e.